The molecule has 224 valence electrons. The molecule has 3 heterocycles. The molecule has 1 aromatic heterocycles. The van der Waals surface area contributed by atoms with Gasteiger partial charge in [-0.3, -0.25) is 19.5 Å². The molecule has 0 bridgehead atoms. The average molecular weight is 579 g/mol. The smallest absolute Gasteiger partial charge is 0.251 e. The standard InChI is InChI=1S/C36H42N4O3/c41-35(38-24-29-13-9-10-20-37-29)27-16-17-33-31(23-27)34(30-14-7-8-15-32(30)43-33)36(42)39-28-18-21-40(22-19-28)25-26-11-5-3-1-2-4-6-12-26/h7-11,13-17,20,23,28,34H,1-6,12,18-19,21-22,24-25H2,(H,38,41)(H,39,42). The fraction of sp³-hybridized carbons (Fsp3) is 0.417. The van der Waals surface area contributed by atoms with Gasteiger partial charge in [0.2, 0.25) is 5.91 Å². The van der Waals surface area contributed by atoms with Crippen LogP contribution in [0.25, 0.3) is 0 Å². The lowest BCUT2D eigenvalue weighted by Crippen LogP contribution is -2.46. The third kappa shape index (κ3) is 7.34. The van der Waals surface area contributed by atoms with Crippen LogP contribution in [-0.4, -0.2) is 47.4 Å². The molecule has 1 atom stereocenters. The molecule has 7 heteroatoms. The molecule has 3 aromatic rings. The number of hydrogen-bond acceptors (Lipinski definition) is 5. The van der Waals surface area contributed by atoms with E-state index in [1.165, 1.54) is 44.9 Å². The maximum atomic E-state index is 14.0. The van der Waals surface area contributed by atoms with Crippen LogP contribution in [-0.2, 0) is 11.3 Å². The molecule has 1 fully saturated rings. The highest BCUT2D eigenvalue weighted by Crippen LogP contribution is 2.44. The number of amides is 2. The molecule has 2 aromatic carbocycles. The summed E-state index contributed by atoms with van der Waals surface area (Å²) in [6.45, 7) is 3.37. The van der Waals surface area contributed by atoms with E-state index >= 15 is 0 Å². The van der Waals surface area contributed by atoms with Crippen LogP contribution in [0.3, 0.4) is 0 Å². The number of fused-ring (bicyclic) bond motifs is 2. The zero-order chi connectivity index (χ0) is 29.4. The number of nitrogens with zero attached hydrogens (tertiary/aromatic N) is 2. The molecule has 0 saturated carbocycles. The van der Waals surface area contributed by atoms with Crippen molar-refractivity contribution in [3.05, 3.63) is 101 Å². The Kier molecular flexibility index (Phi) is 9.48. The molecule has 1 unspecified atom stereocenters. The molecule has 1 saturated heterocycles. The number of piperidine rings is 1. The molecular formula is C36H42N4O3. The Morgan fingerprint density at radius 2 is 1.67 bits per heavy atom. The molecule has 2 aliphatic heterocycles. The second kappa shape index (κ2) is 14.0. The van der Waals surface area contributed by atoms with E-state index in [-0.39, 0.29) is 17.9 Å². The highest BCUT2D eigenvalue weighted by Gasteiger charge is 2.35. The Morgan fingerprint density at radius 3 is 2.53 bits per heavy atom. The summed E-state index contributed by atoms with van der Waals surface area (Å²) in [4.78, 5) is 33.9. The lowest BCUT2D eigenvalue weighted by atomic mass is 9.85. The summed E-state index contributed by atoms with van der Waals surface area (Å²) in [6.07, 6.45) is 15.2. The molecule has 2 N–H and O–H groups in total. The van der Waals surface area contributed by atoms with Gasteiger partial charge in [0.25, 0.3) is 5.91 Å². The Balaban J connectivity index is 1.12. The van der Waals surface area contributed by atoms with E-state index < -0.39 is 5.92 Å². The van der Waals surface area contributed by atoms with E-state index in [0.717, 1.165) is 43.7 Å². The van der Waals surface area contributed by atoms with Crippen LogP contribution in [0.1, 0.15) is 90.9 Å². The maximum Gasteiger partial charge on any atom is 0.251 e. The number of hydrogen-bond donors (Lipinski definition) is 2. The lowest BCUT2D eigenvalue weighted by molar-refractivity contribution is -0.122. The predicted molar refractivity (Wildman–Crippen MR) is 168 cm³/mol. The van der Waals surface area contributed by atoms with Crippen molar-refractivity contribution in [2.24, 2.45) is 0 Å². The average Bonchev–Trinajstić information content (AvgIpc) is 3.17. The Bertz CT molecular complexity index is 1450. The van der Waals surface area contributed by atoms with Crippen molar-refractivity contribution in [2.75, 3.05) is 19.6 Å². The molecule has 0 radical (unpaired) electrons. The van der Waals surface area contributed by atoms with E-state index in [4.69, 9.17) is 4.74 Å². The summed E-state index contributed by atoms with van der Waals surface area (Å²) in [5.74, 6) is 0.485. The summed E-state index contributed by atoms with van der Waals surface area (Å²) < 4.78 is 6.19. The molecule has 3 aliphatic rings. The molecule has 1 aliphatic carbocycles. The largest absolute Gasteiger partial charge is 0.457 e. The van der Waals surface area contributed by atoms with Crippen molar-refractivity contribution in [1.29, 1.82) is 0 Å². The quantitative estimate of drug-likeness (QED) is 0.313. The predicted octanol–water partition coefficient (Wildman–Crippen LogP) is 6.50. The first-order valence-corrected chi connectivity index (χ1v) is 15.9. The second-order valence-corrected chi connectivity index (χ2v) is 12.1. The number of aromatic nitrogens is 1. The minimum atomic E-state index is -0.550. The van der Waals surface area contributed by atoms with E-state index in [9.17, 15) is 9.59 Å². The molecule has 6 rings (SSSR count). The van der Waals surface area contributed by atoms with Gasteiger partial charge < -0.3 is 15.4 Å². The van der Waals surface area contributed by atoms with Gasteiger partial charge in [-0.25, -0.2) is 0 Å². The molecular weight excluding hydrogens is 536 g/mol. The molecule has 0 spiro atoms. The van der Waals surface area contributed by atoms with Gasteiger partial charge in [-0.2, -0.15) is 0 Å². The van der Waals surface area contributed by atoms with Crippen LogP contribution in [0.5, 0.6) is 11.5 Å². The highest BCUT2D eigenvalue weighted by atomic mass is 16.5. The molecule has 7 nitrogen and oxygen atoms in total. The number of rotatable bonds is 7. The number of ether oxygens (including phenoxy) is 1. The maximum absolute atomic E-state index is 14.0. The van der Waals surface area contributed by atoms with Crippen molar-refractivity contribution in [3.63, 3.8) is 0 Å². The van der Waals surface area contributed by atoms with Crippen LogP contribution in [0.2, 0.25) is 0 Å². The number of carbonyl (C=O) groups is 2. The summed E-state index contributed by atoms with van der Waals surface area (Å²) in [7, 11) is 0. The summed E-state index contributed by atoms with van der Waals surface area (Å²) >= 11 is 0. The minimum absolute atomic E-state index is 0.0412. The molecule has 2 amide bonds. The summed E-state index contributed by atoms with van der Waals surface area (Å²) in [5.41, 5.74) is 4.41. The first kappa shape index (κ1) is 29.1. The van der Waals surface area contributed by atoms with Crippen LogP contribution in [0.4, 0.5) is 0 Å². The third-order valence-corrected chi connectivity index (χ3v) is 8.95. The van der Waals surface area contributed by atoms with E-state index in [0.29, 0.717) is 29.2 Å². The van der Waals surface area contributed by atoms with Gasteiger partial charge in [-0.05, 0) is 74.9 Å². The van der Waals surface area contributed by atoms with Crippen molar-refractivity contribution in [1.82, 2.24) is 20.5 Å². The SMILES string of the molecule is O=C(NCc1ccccn1)c1ccc2c(c1)C(C(=O)NC1CCN(CC3=CCCCCCCC3)CC1)c1ccccc1O2. The number of likely N-dealkylation sites (tertiary alicyclic amines) is 1. The Morgan fingerprint density at radius 1 is 0.884 bits per heavy atom. The molecule has 43 heavy (non-hydrogen) atoms. The van der Waals surface area contributed by atoms with Crippen LogP contribution >= 0.6 is 0 Å². The monoisotopic (exact) mass is 578 g/mol. The fourth-order valence-electron chi connectivity index (χ4n) is 6.55. The van der Waals surface area contributed by atoms with Crippen LogP contribution in [0.15, 0.2) is 78.5 Å². The van der Waals surface area contributed by atoms with Gasteiger partial charge in [0, 0.05) is 48.6 Å². The van der Waals surface area contributed by atoms with Crippen LogP contribution in [0, 0.1) is 0 Å². The van der Waals surface area contributed by atoms with E-state index in [1.54, 1.807) is 30.0 Å². The zero-order valence-electron chi connectivity index (χ0n) is 24.9. The Labute approximate surface area is 254 Å². The number of benzene rings is 2. The van der Waals surface area contributed by atoms with E-state index in [2.05, 4.69) is 26.6 Å². The van der Waals surface area contributed by atoms with Gasteiger partial charge >= 0.3 is 0 Å². The van der Waals surface area contributed by atoms with E-state index in [1.807, 2.05) is 42.5 Å². The number of allylic oxidation sites excluding steroid dienone is 1. The van der Waals surface area contributed by atoms with Gasteiger partial charge in [0.1, 0.15) is 11.5 Å². The number of nitrogens with one attached hydrogen (secondary N) is 2. The van der Waals surface area contributed by atoms with Gasteiger partial charge in [-0.1, -0.05) is 55.2 Å². The van der Waals surface area contributed by atoms with Gasteiger partial charge in [-0.15, -0.1) is 0 Å². The topological polar surface area (TPSA) is 83.6 Å². The summed E-state index contributed by atoms with van der Waals surface area (Å²) in [6, 6.07) is 18.8. The van der Waals surface area contributed by atoms with Gasteiger partial charge in [0.15, 0.2) is 0 Å². The van der Waals surface area contributed by atoms with Gasteiger partial charge in [0.05, 0.1) is 18.2 Å². The zero-order valence-corrected chi connectivity index (χ0v) is 24.9. The number of para-hydroxylation sites is 1. The van der Waals surface area contributed by atoms with Crippen molar-refractivity contribution in [2.45, 2.75) is 76.3 Å². The van der Waals surface area contributed by atoms with Crippen molar-refractivity contribution < 1.29 is 14.3 Å². The van der Waals surface area contributed by atoms with Crippen LogP contribution < -0.4 is 15.4 Å². The Hall–Kier alpha value is -3.97. The minimum Gasteiger partial charge on any atom is -0.457 e. The van der Waals surface area contributed by atoms with Crippen molar-refractivity contribution in [3.8, 4) is 11.5 Å². The third-order valence-electron chi connectivity index (χ3n) is 8.95. The highest BCUT2D eigenvalue weighted by molar-refractivity contribution is 5.96. The summed E-state index contributed by atoms with van der Waals surface area (Å²) in [5, 5.41) is 6.31. The second-order valence-electron chi connectivity index (χ2n) is 12.1. The van der Waals surface area contributed by atoms with Crippen molar-refractivity contribution >= 4 is 11.8 Å². The number of carbonyl (C=O) groups excluding carboxylic acids is 2. The first-order valence-electron chi connectivity index (χ1n) is 15.9. The first-order chi connectivity index (χ1) is 21.1. The normalized spacial score (nSPS) is 19.3. The lowest BCUT2D eigenvalue weighted by Gasteiger charge is -2.34. The number of pyridine rings is 1. The fourth-order valence-corrected chi connectivity index (χ4v) is 6.55.